The Balaban J connectivity index is 1.67. The summed E-state index contributed by atoms with van der Waals surface area (Å²) in [7, 11) is -3.64. The van der Waals surface area contributed by atoms with E-state index in [4.69, 9.17) is 4.42 Å². The van der Waals surface area contributed by atoms with Crippen molar-refractivity contribution in [3.05, 3.63) is 41.3 Å². The van der Waals surface area contributed by atoms with Crippen LogP contribution in [-0.2, 0) is 20.4 Å². The maximum atomic E-state index is 12.6. The van der Waals surface area contributed by atoms with E-state index < -0.39 is 21.5 Å². The molecule has 0 saturated heterocycles. The molecule has 0 radical (unpaired) electrons. The van der Waals surface area contributed by atoms with Gasteiger partial charge >= 0.3 is 0 Å². The second-order valence-corrected chi connectivity index (χ2v) is 9.87. The maximum absolute atomic E-state index is 12.6. The summed E-state index contributed by atoms with van der Waals surface area (Å²) < 4.78 is 30.8. The summed E-state index contributed by atoms with van der Waals surface area (Å²) >= 11 is 0. The number of hydrogen-bond acceptors (Lipinski definition) is 5. The highest BCUT2D eigenvalue weighted by Crippen LogP contribution is 2.26. The van der Waals surface area contributed by atoms with Crippen LogP contribution < -0.4 is 5.32 Å². The van der Waals surface area contributed by atoms with Gasteiger partial charge in [-0.25, -0.2) is 13.4 Å². The van der Waals surface area contributed by atoms with E-state index in [2.05, 4.69) is 17.2 Å². The zero-order chi connectivity index (χ0) is 20.3. The molecule has 1 amide bonds. The number of aryl methyl sites for hydroxylation is 2. The standard InChI is InChI=1S/C21H28N2O4S/c1-14-8-4-6-10-17(14)21-23-19(16(3)27-21)12-28(25,26)13-20(24)22-18-11-7-5-9-15(18)2/h4,6,8,10,15,18H,5,7,9,11-13H2,1-3H3,(H,22,24)/t15-,18+/m0/s1. The van der Waals surface area contributed by atoms with E-state index in [1.54, 1.807) is 6.92 Å². The molecule has 2 aromatic rings. The molecule has 6 nitrogen and oxygen atoms in total. The molecule has 1 fully saturated rings. The van der Waals surface area contributed by atoms with Crippen LogP contribution in [0, 0.1) is 19.8 Å². The Hall–Kier alpha value is -2.15. The van der Waals surface area contributed by atoms with Crippen molar-refractivity contribution in [3.63, 3.8) is 0 Å². The van der Waals surface area contributed by atoms with Crippen LogP contribution in [0.2, 0.25) is 0 Å². The second kappa shape index (κ2) is 8.47. The first-order valence-corrected chi connectivity index (χ1v) is 11.6. The van der Waals surface area contributed by atoms with E-state index in [1.807, 2.05) is 31.2 Å². The molecule has 1 saturated carbocycles. The third kappa shape index (κ3) is 5.01. The number of nitrogens with one attached hydrogen (secondary N) is 1. The molecule has 1 N–H and O–H groups in total. The van der Waals surface area contributed by atoms with Crippen LogP contribution in [0.4, 0.5) is 0 Å². The molecule has 0 bridgehead atoms. The van der Waals surface area contributed by atoms with Crippen molar-refractivity contribution >= 4 is 15.7 Å². The second-order valence-electron chi connectivity index (χ2n) is 7.80. The number of benzene rings is 1. The molecule has 1 aliphatic carbocycles. The third-order valence-electron chi connectivity index (χ3n) is 5.43. The average Bonchev–Trinajstić information content (AvgIpc) is 2.96. The van der Waals surface area contributed by atoms with Crippen LogP contribution in [0.3, 0.4) is 0 Å². The Morgan fingerprint density at radius 3 is 2.64 bits per heavy atom. The van der Waals surface area contributed by atoms with Gasteiger partial charge in [0, 0.05) is 11.6 Å². The van der Waals surface area contributed by atoms with Crippen molar-refractivity contribution < 1.29 is 17.6 Å². The van der Waals surface area contributed by atoms with Gasteiger partial charge in [0.25, 0.3) is 0 Å². The number of carbonyl (C=O) groups is 1. The fourth-order valence-corrected chi connectivity index (χ4v) is 5.00. The molecule has 152 valence electrons. The van der Waals surface area contributed by atoms with Gasteiger partial charge in [0.2, 0.25) is 11.8 Å². The summed E-state index contributed by atoms with van der Waals surface area (Å²) in [5.41, 5.74) is 2.19. The topological polar surface area (TPSA) is 89.3 Å². The van der Waals surface area contributed by atoms with E-state index in [-0.39, 0.29) is 11.8 Å². The van der Waals surface area contributed by atoms with Gasteiger partial charge in [-0.15, -0.1) is 0 Å². The third-order valence-corrected chi connectivity index (χ3v) is 6.85. The highest BCUT2D eigenvalue weighted by molar-refractivity contribution is 7.91. The molecule has 1 aliphatic rings. The molecule has 7 heteroatoms. The van der Waals surface area contributed by atoms with Gasteiger partial charge in [-0.05, 0) is 44.2 Å². The summed E-state index contributed by atoms with van der Waals surface area (Å²) in [5, 5.41) is 2.90. The normalized spacial score (nSPS) is 20.1. The number of aromatic nitrogens is 1. The van der Waals surface area contributed by atoms with E-state index in [9.17, 15) is 13.2 Å². The predicted octanol–water partition coefficient (Wildman–Crippen LogP) is 3.57. The summed E-state index contributed by atoms with van der Waals surface area (Å²) in [6.45, 7) is 5.75. The molecular formula is C21H28N2O4S. The average molecular weight is 405 g/mol. The van der Waals surface area contributed by atoms with Gasteiger partial charge in [0.1, 0.15) is 11.5 Å². The Morgan fingerprint density at radius 2 is 1.93 bits per heavy atom. The van der Waals surface area contributed by atoms with E-state index >= 15 is 0 Å². The molecule has 1 heterocycles. The first-order chi connectivity index (χ1) is 13.2. The first-order valence-electron chi connectivity index (χ1n) is 9.77. The van der Waals surface area contributed by atoms with Gasteiger partial charge in [-0.1, -0.05) is 38.0 Å². The van der Waals surface area contributed by atoms with Gasteiger partial charge < -0.3 is 9.73 Å². The summed E-state index contributed by atoms with van der Waals surface area (Å²) in [6.07, 6.45) is 4.22. The fraction of sp³-hybridized carbons (Fsp3) is 0.524. The van der Waals surface area contributed by atoms with Crippen LogP contribution in [0.15, 0.2) is 28.7 Å². The molecular weight excluding hydrogens is 376 g/mol. The van der Waals surface area contributed by atoms with Gasteiger partial charge in [-0.3, -0.25) is 4.79 Å². The number of nitrogens with zero attached hydrogens (tertiary/aromatic N) is 1. The zero-order valence-electron chi connectivity index (χ0n) is 16.7. The Kier molecular flexibility index (Phi) is 6.23. The van der Waals surface area contributed by atoms with Crippen LogP contribution in [0.1, 0.15) is 49.6 Å². The molecule has 1 aromatic heterocycles. The monoisotopic (exact) mass is 404 g/mol. The highest BCUT2D eigenvalue weighted by atomic mass is 32.2. The Morgan fingerprint density at radius 1 is 1.21 bits per heavy atom. The summed E-state index contributed by atoms with van der Waals surface area (Å²) in [4.78, 5) is 16.7. The fourth-order valence-electron chi connectivity index (χ4n) is 3.73. The largest absolute Gasteiger partial charge is 0.441 e. The molecule has 1 aromatic carbocycles. The predicted molar refractivity (Wildman–Crippen MR) is 108 cm³/mol. The molecule has 0 aliphatic heterocycles. The first kappa shape index (κ1) is 20.6. The number of oxazole rings is 1. The zero-order valence-corrected chi connectivity index (χ0v) is 17.5. The lowest BCUT2D eigenvalue weighted by atomic mass is 9.86. The van der Waals surface area contributed by atoms with Crippen molar-refractivity contribution in [2.24, 2.45) is 5.92 Å². The van der Waals surface area contributed by atoms with Crippen molar-refractivity contribution in [3.8, 4) is 11.5 Å². The van der Waals surface area contributed by atoms with Crippen LogP contribution >= 0.6 is 0 Å². The maximum Gasteiger partial charge on any atom is 0.235 e. The van der Waals surface area contributed by atoms with Crippen LogP contribution in [0.25, 0.3) is 11.5 Å². The number of rotatable bonds is 6. The minimum atomic E-state index is -3.64. The Bertz CT molecular complexity index is 949. The lowest BCUT2D eigenvalue weighted by Crippen LogP contribution is -2.43. The van der Waals surface area contributed by atoms with Crippen molar-refractivity contribution in [2.75, 3.05) is 5.75 Å². The molecule has 28 heavy (non-hydrogen) atoms. The molecule has 3 rings (SSSR count). The van der Waals surface area contributed by atoms with E-state index in [0.717, 1.165) is 30.4 Å². The molecule has 0 spiro atoms. The number of sulfone groups is 1. The molecule has 2 atom stereocenters. The smallest absolute Gasteiger partial charge is 0.235 e. The summed E-state index contributed by atoms with van der Waals surface area (Å²) in [6, 6.07) is 7.71. The Labute approximate surface area is 166 Å². The van der Waals surface area contributed by atoms with E-state index in [0.29, 0.717) is 23.3 Å². The lowest BCUT2D eigenvalue weighted by Gasteiger charge is -2.29. The lowest BCUT2D eigenvalue weighted by molar-refractivity contribution is -0.119. The highest BCUT2D eigenvalue weighted by Gasteiger charge is 2.26. The van der Waals surface area contributed by atoms with Crippen LogP contribution in [-0.4, -0.2) is 31.1 Å². The quantitative estimate of drug-likeness (QED) is 0.795. The van der Waals surface area contributed by atoms with Crippen molar-refractivity contribution in [2.45, 2.75) is 58.2 Å². The number of amides is 1. The van der Waals surface area contributed by atoms with Gasteiger partial charge in [0.05, 0.1) is 11.4 Å². The van der Waals surface area contributed by atoms with E-state index in [1.165, 1.54) is 6.42 Å². The SMILES string of the molecule is Cc1ccccc1-c1nc(CS(=O)(=O)CC(=O)N[C@@H]2CCCC[C@@H]2C)c(C)o1. The van der Waals surface area contributed by atoms with Crippen LogP contribution in [0.5, 0.6) is 0 Å². The minimum absolute atomic E-state index is 0.0675. The summed E-state index contributed by atoms with van der Waals surface area (Å²) in [5.74, 6) is -0.0114. The van der Waals surface area contributed by atoms with Gasteiger partial charge in [-0.2, -0.15) is 0 Å². The van der Waals surface area contributed by atoms with Crippen molar-refractivity contribution in [1.29, 1.82) is 0 Å². The van der Waals surface area contributed by atoms with Gasteiger partial charge in [0.15, 0.2) is 9.84 Å². The minimum Gasteiger partial charge on any atom is -0.441 e. The molecule has 0 unspecified atom stereocenters. The number of hydrogen-bond donors (Lipinski definition) is 1. The number of carbonyl (C=O) groups excluding carboxylic acids is 1. The van der Waals surface area contributed by atoms with Crippen molar-refractivity contribution in [1.82, 2.24) is 10.3 Å².